The molecule has 0 spiro atoms. The molecule has 0 saturated carbocycles. The fraction of sp³-hybridized carbons (Fsp3) is 0.583. The van der Waals surface area contributed by atoms with Gasteiger partial charge in [-0.05, 0) is 34.8 Å². The molecule has 1 rings (SSSR count). The molecular weight excluding hydrogens is 302 g/mol. The molecule has 1 aromatic rings. The van der Waals surface area contributed by atoms with Crippen molar-refractivity contribution in [3.05, 3.63) is 20.3 Å². The SMILES string of the molecule is Cc1sc(CN(CC(=O)O)CC(C)C)cc1Br. The van der Waals surface area contributed by atoms with Crippen LogP contribution in [-0.2, 0) is 11.3 Å². The summed E-state index contributed by atoms with van der Waals surface area (Å²) in [4.78, 5) is 15.2. The highest BCUT2D eigenvalue weighted by atomic mass is 79.9. The Bertz CT molecular complexity index is 370. The van der Waals surface area contributed by atoms with E-state index in [0.29, 0.717) is 12.5 Å². The van der Waals surface area contributed by atoms with Gasteiger partial charge in [-0.15, -0.1) is 11.3 Å². The Morgan fingerprint density at radius 1 is 1.59 bits per heavy atom. The van der Waals surface area contributed by atoms with Crippen LogP contribution in [0.1, 0.15) is 23.6 Å². The van der Waals surface area contributed by atoms with E-state index in [2.05, 4.69) is 42.8 Å². The van der Waals surface area contributed by atoms with Gasteiger partial charge in [0.05, 0.1) is 6.54 Å². The number of hydrogen-bond donors (Lipinski definition) is 1. The highest BCUT2D eigenvalue weighted by molar-refractivity contribution is 9.10. The van der Waals surface area contributed by atoms with Crippen molar-refractivity contribution in [3.63, 3.8) is 0 Å². The number of carbonyl (C=O) groups is 1. The molecule has 17 heavy (non-hydrogen) atoms. The Balaban J connectivity index is 2.67. The summed E-state index contributed by atoms with van der Waals surface area (Å²) in [6, 6.07) is 2.08. The van der Waals surface area contributed by atoms with Gasteiger partial charge in [-0.25, -0.2) is 0 Å². The average molecular weight is 320 g/mol. The maximum absolute atomic E-state index is 10.8. The number of hydrogen-bond acceptors (Lipinski definition) is 3. The lowest BCUT2D eigenvalue weighted by molar-refractivity contribution is -0.138. The molecular formula is C12H18BrNO2S. The zero-order chi connectivity index (χ0) is 13.0. The summed E-state index contributed by atoms with van der Waals surface area (Å²) < 4.78 is 1.11. The van der Waals surface area contributed by atoms with Crippen molar-refractivity contribution in [2.45, 2.75) is 27.3 Å². The van der Waals surface area contributed by atoms with Crippen LogP contribution in [0.5, 0.6) is 0 Å². The summed E-state index contributed by atoms with van der Waals surface area (Å²) in [6.07, 6.45) is 0. The monoisotopic (exact) mass is 319 g/mol. The molecule has 1 N–H and O–H groups in total. The summed E-state index contributed by atoms with van der Waals surface area (Å²) in [5, 5.41) is 8.89. The van der Waals surface area contributed by atoms with Crippen LogP contribution in [0.4, 0.5) is 0 Å². The molecule has 5 heteroatoms. The van der Waals surface area contributed by atoms with Crippen molar-refractivity contribution < 1.29 is 9.90 Å². The van der Waals surface area contributed by atoms with E-state index in [1.54, 1.807) is 11.3 Å². The molecule has 0 aliphatic heterocycles. The molecule has 0 amide bonds. The van der Waals surface area contributed by atoms with E-state index in [1.807, 2.05) is 4.90 Å². The molecule has 0 fully saturated rings. The van der Waals surface area contributed by atoms with Crippen molar-refractivity contribution in [2.75, 3.05) is 13.1 Å². The molecule has 0 aliphatic rings. The second kappa shape index (κ2) is 6.52. The molecule has 0 atom stereocenters. The fourth-order valence-corrected chi connectivity index (χ4v) is 3.35. The second-order valence-electron chi connectivity index (χ2n) is 4.57. The number of aliphatic carboxylic acids is 1. The first-order valence-corrected chi connectivity index (χ1v) is 7.18. The Kier molecular flexibility index (Phi) is 5.62. The van der Waals surface area contributed by atoms with Gasteiger partial charge >= 0.3 is 5.97 Å². The van der Waals surface area contributed by atoms with Gasteiger partial charge in [-0.2, -0.15) is 0 Å². The quantitative estimate of drug-likeness (QED) is 0.874. The van der Waals surface area contributed by atoms with Gasteiger partial charge < -0.3 is 5.11 Å². The fourth-order valence-electron chi connectivity index (χ4n) is 1.71. The molecule has 1 aromatic heterocycles. The summed E-state index contributed by atoms with van der Waals surface area (Å²) >= 11 is 5.20. The van der Waals surface area contributed by atoms with Crippen LogP contribution in [0, 0.1) is 12.8 Å². The highest BCUT2D eigenvalue weighted by Gasteiger charge is 2.13. The van der Waals surface area contributed by atoms with E-state index in [-0.39, 0.29) is 6.54 Å². The van der Waals surface area contributed by atoms with Crippen molar-refractivity contribution in [1.29, 1.82) is 0 Å². The predicted molar refractivity (Wildman–Crippen MR) is 74.5 cm³/mol. The normalized spacial score (nSPS) is 11.4. The Morgan fingerprint density at radius 2 is 2.24 bits per heavy atom. The van der Waals surface area contributed by atoms with E-state index in [0.717, 1.165) is 11.0 Å². The van der Waals surface area contributed by atoms with E-state index < -0.39 is 5.97 Å². The number of carboxylic acid groups (broad SMARTS) is 1. The van der Waals surface area contributed by atoms with E-state index in [4.69, 9.17) is 5.11 Å². The van der Waals surface area contributed by atoms with Gasteiger partial charge in [0.15, 0.2) is 0 Å². The minimum atomic E-state index is -0.766. The summed E-state index contributed by atoms with van der Waals surface area (Å²) in [7, 11) is 0. The Hall–Kier alpha value is -0.390. The molecule has 0 bridgehead atoms. The first-order chi connectivity index (χ1) is 7.88. The summed E-state index contributed by atoms with van der Waals surface area (Å²) in [5.74, 6) is -0.295. The highest BCUT2D eigenvalue weighted by Crippen LogP contribution is 2.27. The van der Waals surface area contributed by atoms with Gasteiger partial charge in [-0.1, -0.05) is 13.8 Å². The van der Waals surface area contributed by atoms with Crippen molar-refractivity contribution in [3.8, 4) is 0 Å². The maximum Gasteiger partial charge on any atom is 0.317 e. The van der Waals surface area contributed by atoms with Crippen molar-refractivity contribution in [1.82, 2.24) is 4.90 Å². The predicted octanol–water partition coefficient (Wildman–Crippen LogP) is 3.36. The smallest absolute Gasteiger partial charge is 0.317 e. The molecule has 0 aromatic carbocycles. The topological polar surface area (TPSA) is 40.5 Å². The Morgan fingerprint density at radius 3 is 2.65 bits per heavy atom. The molecule has 0 unspecified atom stereocenters. The number of rotatable bonds is 6. The number of halogens is 1. The molecule has 3 nitrogen and oxygen atoms in total. The van der Waals surface area contributed by atoms with E-state index in [1.165, 1.54) is 9.75 Å². The van der Waals surface area contributed by atoms with Gasteiger partial charge in [0.2, 0.25) is 0 Å². The van der Waals surface area contributed by atoms with Crippen LogP contribution >= 0.6 is 27.3 Å². The minimum Gasteiger partial charge on any atom is -0.480 e. The van der Waals surface area contributed by atoms with Crippen LogP contribution in [0.25, 0.3) is 0 Å². The third-order valence-electron chi connectivity index (χ3n) is 2.27. The Labute approximate surface area is 115 Å². The lowest BCUT2D eigenvalue weighted by atomic mass is 10.2. The second-order valence-corrected chi connectivity index (χ2v) is 6.77. The first kappa shape index (κ1) is 14.7. The summed E-state index contributed by atoms with van der Waals surface area (Å²) in [6.45, 7) is 7.88. The number of nitrogens with zero attached hydrogens (tertiary/aromatic N) is 1. The zero-order valence-corrected chi connectivity index (χ0v) is 12.8. The number of aryl methyl sites for hydroxylation is 1. The van der Waals surface area contributed by atoms with Gasteiger partial charge in [0, 0.05) is 27.3 Å². The van der Waals surface area contributed by atoms with Crippen LogP contribution in [0.2, 0.25) is 0 Å². The van der Waals surface area contributed by atoms with Crippen molar-refractivity contribution >= 4 is 33.2 Å². The van der Waals surface area contributed by atoms with Crippen LogP contribution < -0.4 is 0 Å². The van der Waals surface area contributed by atoms with E-state index >= 15 is 0 Å². The molecule has 1 heterocycles. The largest absolute Gasteiger partial charge is 0.480 e. The number of thiophene rings is 1. The van der Waals surface area contributed by atoms with Gasteiger partial charge in [-0.3, -0.25) is 9.69 Å². The zero-order valence-electron chi connectivity index (χ0n) is 10.4. The molecule has 96 valence electrons. The summed E-state index contributed by atoms with van der Waals surface area (Å²) in [5.41, 5.74) is 0. The van der Waals surface area contributed by atoms with Crippen LogP contribution in [0.15, 0.2) is 10.5 Å². The van der Waals surface area contributed by atoms with Gasteiger partial charge in [0.25, 0.3) is 0 Å². The standard InChI is InChI=1S/C12H18BrNO2S/c1-8(2)5-14(7-12(15)16)6-10-4-11(13)9(3)17-10/h4,8H,5-7H2,1-3H3,(H,15,16). The first-order valence-electron chi connectivity index (χ1n) is 5.57. The minimum absolute atomic E-state index is 0.104. The molecule has 0 radical (unpaired) electrons. The number of carboxylic acids is 1. The lowest BCUT2D eigenvalue weighted by Gasteiger charge is -2.21. The third-order valence-corrected chi connectivity index (χ3v) is 4.39. The molecule has 0 aliphatic carbocycles. The van der Waals surface area contributed by atoms with Crippen LogP contribution in [-0.4, -0.2) is 29.1 Å². The lowest BCUT2D eigenvalue weighted by Crippen LogP contribution is -2.32. The maximum atomic E-state index is 10.8. The van der Waals surface area contributed by atoms with Crippen LogP contribution in [0.3, 0.4) is 0 Å². The van der Waals surface area contributed by atoms with E-state index in [9.17, 15) is 4.79 Å². The van der Waals surface area contributed by atoms with Gasteiger partial charge in [0.1, 0.15) is 0 Å². The van der Waals surface area contributed by atoms with Crippen molar-refractivity contribution in [2.24, 2.45) is 5.92 Å². The average Bonchev–Trinajstić information content (AvgIpc) is 2.42. The third kappa shape index (κ3) is 5.19. The molecule has 0 saturated heterocycles.